The van der Waals surface area contributed by atoms with Crippen LogP contribution < -0.4 is 29.6 Å². The Morgan fingerprint density at radius 2 is 1.33 bits per heavy atom. The predicted octanol–water partition coefficient (Wildman–Crippen LogP) is -1.30. The minimum atomic E-state index is -4.35. The van der Waals surface area contributed by atoms with Crippen molar-refractivity contribution >= 4 is 10.1 Å². The van der Waals surface area contributed by atoms with Crippen LogP contribution in [0, 0.1) is 0 Å². The SMILES string of the molecule is O=S(=O)([O-])c1ccc2cccc-2cc1.[Na+]. The van der Waals surface area contributed by atoms with Crippen molar-refractivity contribution in [3.8, 4) is 11.1 Å². The molecule has 0 saturated heterocycles. The molecule has 0 fully saturated rings. The van der Waals surface area contributed by atoms with Crippen molar-refractivity contribution < 1.29 is 42.5 Å². The van der Waals surface area contributed by atoms with Gasteiger partial charge in [-0.25, -0.2) is 8.42 Å². The van der Waals surface area contributed by atoms with E-state index in [0.29, 0.717) is 0 Å². The first-order valence-electron chi connectivity index (χ1n) is 4.02. The Morgan fingerprint density at radius 3 is 1.73 bits per heavy atom. The van der Waals surface area contributed by atoms with Gasteiger partial charge in [-0.2, -0.15) is 0 Å². The summed E-state index contributed by atoms with van der Waals surface area (Å²) in [5.74, 6) is 0. The molecular weight excluding hydrogens is 223 g/mol. The van der Waals surface area contributed by atoms with Gasteiger partial charge in [0.2, 0.25) is 0 Å². The van der Waals surface area contributed by atoms with Gasteiger partial charge in [0.1, 0.15) is 10.1 Å². The number of fused-ring (bicyclic) bond motifs is 1. The summed E-state index contributed by atoms with van der Waals surface area (Å²) in [6.45, 7) is 0. The van der Waals surface area contributed by atoms with Gasteiger partial charge in [-0.05, 0) is 23.3 Å². The quantitative estimate of drug-likeness (QED) is 0.452. The van der Waals surface area contributed by atoms with E-state index in [1.165, 1.54) is 12.1 Å². The topological polar surface area (TPSA) is 57.2 Å². The molecule has 0 atom stereocenters. The number of hydrogen-bond donors (Lipinski definition) is 0. The molecule has 0 unspecified atom stereocenters. The molecule has 3 nitrogen and oxygen atoms in total. The molecule has 0 aromatic rings. The van der Waals surface area contributed by atoms with Crippen LogP contribution in [0.25, 0.3) is 11.1 Å². The van der Waals surface area contributed by atoms with Gasteiger partial charge in [-0.1, -0.05) is 30.3 Å². The zero-order valence-electron chi connectivity index (χ0n) is 8.17. The van der Waals surface area contributed by atoms with Crippen molar-refractivity contribution in [2.45, 2.75) is 4.90 Å². The third kappa shape index (κ3) is 2.80. The predicted molar refractivity (Wildman–Crippen MR) is 51.0 cm³/mol. The van der Waals surface area contributed by atoms with E-state index in [4.69, 9.17) is 0 Å². The minimum absolute atomic E-state index is 0. The van der Waals surface area contributed by atoms with Gasteiger partial charge in [-0.15, -0.1) is 0 Å². The molecule has 0 saturated carbocycles. The zero-order valence-corrected chi connectivity index (χ0v) is 11.0. The third-order valence-electron chi connectivity index (χ3n) is 2.03. The summed E-state index contributed by atoms with van der Waals surface area (Å²) in [6, 6.07) is 11.5. The molecule has 0 heterocycles. The maximum Gasteiger partial charge on any atom is 1.00 e. The average Bonchev–Trinajstić information content (AvgIpc) is 2.42. The van der Waals surface area contributed by atoms with Gasteiger partial charge in [0.25, 0.3) is 0 Å². The van der Waals surface area contributed by atoms with Gasteiger partial charge in [-0.3, -0.25) is 0 Å². The van der Waals surface area contributed by atoms with Crippen molar-refractivity contribution in [1.29, 1.82) is 0 Å². The Kier molecular flexibility index (Phi) is 3.92. The first kappa shape index (κ1) is 12.7. The molecule has 2 rings (SSSR count). The van der Waals surface area contributed by atoms with Crippen LogP contribution in [0.5, 0.6) is 0 Å². The first-order valence-corrected chi connectivity index (χ1v) is 5.43. The van der Waals surface area contributed by atoms with Crippen molar-refractivity contribution in [3.05, 3.63) is 42.5 Å². The third-order valence-corrected chi connectivity index (χ3v) is 2.88. The normalized spacial score (nSPS) is 11.0. The maximum atomic E-state index is 10.7. The summed E-state index contributed by atoms with van der Waals surface area (Å²) in [7, 11) is -4.35. The van der Waals surface area contributed by atoms with E-state index in [1.807, 2.05) is 18.2 Å². The smallest absolute Gasteiger partial charge is 0.744 e. The summed E-state index contributed by atoms with van der Waals surface area (Å²) >= 11 is 0. The van der Waals surface area contributed by atoms with E-state index < -0.39 is 10.1 Å². The summed E-state index contributed by atoms with van der Waals surface area (Å²) in [5, 5.41) is 0. The average molecular weight is 230 g/mol. The van der Waals surface area contributed by atoms with Crippen LogP contribution in [0.1, 0.15) is 0 Å². The Bertz CT molecular complexity index is 506. The molecule has 0 radical (unpaired) electrons. The molecule has 2 aliphatic carbocycles. The van der Waals surface area contributed by atoms with Crippen LogP contribution in [-0.4, -0.2) is 13.0 Å². The molecule has 0 amide bonds. The van der Waals surface area contributed by atoms with E-state index in [-0.39, 0.29) is 34.5 Å². The fourth-order valence-corrected chi connectivity index (χ4v) is 1.79. The van der Waals surface area contributed by atoms with Crippen LogP contribution in [0.3, 0.4) is 0 Å². The summed E-state index contributed by atoms with van der Waals surface area (Å²) in [5.41, 5.74) is 1.83. The van der Waals surface area contributed by atoms with Gasteiger partial charge < -0.3 is 4.55 Å². The van der Waals surface area contributed by atoms with E-state index >= 15 is 0 Å². The van der Waals surface area contributed by atoms with Gasteiger partial charge in [0.15, 0.2) is 0 Å². The van der Waals surface area contributed by atoms with Crippen LogP contribution >= 0.6 is 0 Å². The van der Waals surface area contributed by atoms with E-state index in [2.05, 4.69) is 0 Å². The molecule has 5 heteroatoms. The fourth-order valence-electron chi connectivity index (χ4n) is 1.32. The molecular formula is C10H7NaO3S. The molecule has 15 heavy (non-hydrogen) atoms. The standard InChI is InChI=1S/C10H8O3S.Na/c11-14(12,13)10-6-4-8-2-1-3-9(8)5-7-10;/h1-7H,(H,11,12,13);/q;+1/p-1. The molecule has 0 bridgehead atoms. The van der Waals surface area contributed by atoms with Crippen LogP contribution in [0.2, 0.25) is 0 Å². The van der Waals surface area contributed by atoms with Crippen LogP contribution in [0.15, 0.2) is 47.4 Å². The largest absolute Gasteiger partial charge is 1.00 e. The Labute approximate surface area is 111 Å². The molecule has 72 valence electrons. The molecule has 0 aromatic heterocycles. The zero-order chi connectivity index (χ0) is 10.2. The maximum absolute atomic E-state index is 10.7. The molecule has 0 N–H and O–H groups in total. The Morgan fingerprint density at radius 1 is 0.867 bits per heavy atom. The Hall–Kier alpha value is -0.390. The summed E-state index contributed by atoms with van der Waals surface area (Å²) in [4.78, 5) is -0.200. The second-order valence-corrected chi connectivity index (χ2v) is 4.34. The van der Waals surface area contributed by atoms with Crippen molar-refractivity contribution in [2.75, 3.05) is 0 Å². The van der Waals surface area contributed by atoms with E-state index in [9.17, 15) is 13.0 Å². The van der Waals surface area contributed by atoms with Gasteiger partial charge >= 0.3 is 29.6 Å². The monoisotopic (exact) mass is 230 g/mol. The van der Waals surface area contributed by atoms with Crippen molar-refractivity contribution in [1.82, 2.24) is 0 Å². The van der Waals surface area contributed by atoms with E-state index in [1.54, 1.807) is 12.1 Å². The first-order chi connectivity index (χ1) is 6.57. The van der Waals surface area contributed by atoms with Crippen LogP contribution in [-0.2, 0) is 10.1 Å². The second-order valence-electron chi connectivity index (χ2n) is 2.96. The minimum Gasteiger partial charge on any atom is -0.744 e. The Balaban J connectivity index is 0.00000112. The fraction of sp³-hybridized carbons (Fsp3) is 0. The van der Waals surface area contributed by atoms with E-state index in [0.717, 1.165) is 11.1 Å². The summed E-state index contributed by atoms with van der Waals surface area (Å²) < 4.78 is 32.2. The molecule has 0 spiro atoms. The number of rotatable bonds is 1. The second kappa shape index (κ2) is 4.63. The summed E-state index contributed by atoms with van der Waals surface area (Å²) in [6.07, 6.45) is 0. The van der Waals surface area contributed by atoms with Gasteiger partial charge in [0, 0.05) is 0 Å². The van der Waals surface area contributed by atoms with Crippen molar-refractivity contribution in [3.63, 3.8) is 0 Å². The van der Waals surface area contributed by atoms with Crippen molar-refractivity contribution in [2.24, 2.45) is 0 Å². The number of hydrogen-bond acceptors (Lipinski definition) is 3. The molecule has 0 aromatic carbocycles. The van der Waals surface area contributed by atoms with Gasteiger partial charge in [0.05, 0.1) is 4.90 Å². The van der Waals surface area contributed by atoms with Crippen LogP contribution in [0.4, 0.5) is 0 Å². The molecule has 2 aliphatic rings. The molecule has 0 aliphatic heterocycles.